The van der Waals surface area contributed by atoms with E-state index in [0.29, 0.717) is 22.8 Å². The highest BCUT2D eigenvalue weighted by atomic mass is 35.5. The molecule has 0 aliphatic heterocycles. The van der Waals surface area contributed by atoms with Crippen LogP contribution in [0.4, 0.5) is 0 Å². The third kappa shape index (κ3) is 4.55. The molecule has 0 unspecified atom stereocenters. The van der Waals surface area contributed by atoms with Gasteiger partial charge in [-0.15, -0.1) is 0 Å². The van der Waals surface area contributed by atoms with Crippen molar-refractivity contribution in [2.75, 3.05) is 0 Å². The van der Waals surface area contributed by atoms with Crippen molar-refractivity contribution in [3.63, 3.8) is 0 Å². The van der Waals surface area contributed by atoms with Gasteiger partial charge in [-0.25, -0.2) is 4.79 Å². The molecule has 130 valence electrons. The lowest BCUT2D eigenvalue weighted by atomic mass is 10.1. The monoisotopic (exact) mass is 365 g/mol. The van der Waals surface area contributed by atoms with Gasteiger partial charge < -0.3 is 4.74 Å². The summed E-state index contributed by atoms with van der Waals surface area (Å²) >= 11 is 5.90. The van der Waals surface area contributed by atoms with Crippen LogP contribution in [0.25, 0.3) is 11.1 Å². The first kappa shape index (κ1) is 17.8. The van der Waals surface area contributed by atoms with Crippen LogP contribution in [0.3, 0.4) is 0 Å². The van der Waals surface area contributed by atoms with Crippen molar-refractivity contribution in [1.82, 2.24) is 4.98 Å². The van der Waals surface area contributed by atoms with Gasteiger partial charge in [0.05, 0.1) is 5.56 Å². The smallest absolute Gasteiger partial charge is 0.345 e. The zero-order valence-corrected chi connectivity index (χ0v) is 14.9. The third-order valence-corrected chi connectivity index (χ3v) is 3.99. The van der Waals surface area contributed by atoms with E-state index >= 15 is 0 Å². The van der Waals surface area contributed by atoms with E-state index < -0.39 is 5.97 Å². The van der Waals surface area contributed by atoms with E-state index in [1.807, 2.05) is 12.1 Å². The van der Waals surface area contributed by atoms with E-state index in [9.17, 15) is 9.59 Å². The number of pyridine rings is 1. The number of hydrogen-bond donors (Lipinski definition) is 0. The molecule has 0 fully saturated rings. The van der Waals surface area contributed by atoms with Gasteiger partial charge in [-0.05, 0) is 48.4 Å². The molecule has 0 saturated carbocycles. The lowest BCUT2D eigenvalue weighted by molar-refractivity contribution is -0.116. The van der Waals surface area contributed by atoms with Crippen LogP contribution >= 0.6 is 11.6 Å². The summed E-state index contributed by atoms with van der Waals surface area (Å²) in [6.45, 7) is 1.54. The molecule has 0 spiro atoms. The molecule has 0 N–H and O–H groups in total. The van der Waals surface area contributed by atoms with E-state index in [0.717, 1.165) is 16.7 Å². The SMILES string of the molecule is CC(=O)Cc1ccc(OC(=O)c2cncc(-c3ccc(Cl)cc3)c2)cc1. The summed E-state index contributed by atoms with van der Waals surface area (Å²) in [4.78, 5) is 27.6. The van der Waals surface area contributed by atoms with Gasteiger partial charge in [0.1, 0.15) is 11.5 Å². The second-order valence-corrected chi connectivity index (χ2v) is 6.32. The van der Waals surface area contributed by atoms with Gasteiger partial charge in [0.2, 0.25) is 0 Å². The molecule has 26 heavy (non-hydrogen) atoms. The Bertz CT molecular complexity index is 934. The maximum Gasteiger partial charge on any atom is 0.345 e. The summed E-state index contributed by atoms with van der Waals surface area (Å²) in [5, 5.41) is 0.644. The number of carbonyl (C=O) groups excluding carboxylic acids is 2. The van der Waals surface area contributed by atoms with Crippen LogP contribution in [0, 0.1) is 0 Å². The van der Waals surface area contributed by atoms with Gasteiger partial charge in [0.15, 0.2) is 0 Å². The second-order valence-electron chi connectivity index (χ2n) is 5.88. The zero-order chi connectivity index (χ0) is 18.5. The molecule has 0 atom stereocenters. The van der Waals surface area contributed by atoms with Crippen molar-refractivity contribution in [2.24, 2.45) is 0 Å². The Kier molecular flexibility index (Phi) is 5.44. The van der Waals surface area contributed by atoms with Gasteiger partial charge in [-0.1, -0.05) is 35.9 Å². The Balaban J connectivity index is 1.74. The molecule has 1 aromatic heterocycles. The van der Waals surface area contributed by atoms with E-state index in [2.05, 4.69) is 4.98 Å². The number of hydrogen-bond acceptors (Lipinski definition) is 4. The van der Waals surface area contributed by atoms with Crippen LogP contribution in [0.2, 0.25) is 5.02 Å². The van der Waals surface area contributed by atoms with Crippen molar-refractivity contribution in [1.29, 1.82) is 0 Å². The molecule has 0 bridgehead atoms. The zero-order valence-electron chi connectivity index (χ0n) is 14.1. The maximum atomic E-state index is 12.4. The van der Waals surface area contributed by atoms with E-state index in [1.54, 1.807) is 48.7 Å². The molecule has 3 rings (SSSR count). The first-order valence-electron chi connectivity index (χ1n) is 8.03. The molecule has 0 amide bonds. The fraction of sp³-hybridized carbons (Fsp3) is 0.0952. The molecule has 5 heteroatoms. The largest absolute Gasteiger partial charge is 0.423 e. The summed E-state index contributed by atoms with van der Waals surface area (Å²) in [5.74, 6) is 0.00617. The maximum absolute atomic E-state index is 12.4. The molecule has 0 radical (unpaired) electrons. The number of aromatic nitrogens is 1. The minimum absolute atomic E-state index is 0.0832. The minimum atomic E-state index is -0.493. The van der Waals surface area contributed by atoms with Crippen LogP contribution in [-0.4, -0.2) is 16.7 Å². The number of halogens is 1. The average Bonchev–Trinajstić information content (AvgIpc) is 2.63. The summed E-state index contributed by atoms with van der Waals surface area (Å²) in [5.41, 5.74) is 2.94. The summed E-state index contributed by atoms with van der Waals surface area (Å²) < 4.78 is 5.39. The topological polar surface area (TPSA) is 56.3 Å². The van der Waals surface area contributed by atoms with Gasteiger partial charge in [0.25, 0.3) is 0 Å². The van der Waals surface area contributed by atoms with Crippen molar-refractivity contribution < 1.29 is 14.3 Å². The average molecular weight is 366 g/mol. The number of Topliss-reactive ketones (excluding diaryl/α,β-unsaturated/α-hetero) is 1. The Morgan fingerprint density at radius 1 is 0.962 bits per heavy atom. The highest BCUT2D eigenvalue weighted by Gasteiger charge is 2.11. The van der Waals surface area contributed by atoms with Crippen LogP contribution in [-0.2, 0) is 11.2 Å². The first-order chi connectivity index (χ1) is 12.5. The number of nitrogens with zero attached hydrogens (tertiary/aromatic N) is 1. The van der Waals surface area contributed by atoms with E-state index in [1.165, 1.54) is 13.1 Å². The van der Waals surface area contributed by atoms with Gasteiger partial charge in [-0.2, -0.15) is 0 Å². The lowest BCUT2D eigenvalue weighted by Crippen LogP contribution is -2.09. The van der Waals surface area contributed by atoms with Gasteiger partial charge in [0, 0.05) is 29.4 Å². The fourth-order valence-electron chi connectivity index (χ4n) is 2.48. The Morgan fingerprint density at radius 2 is 1.65 bits per heavy atom. The molecule has 0 aliphatic rings. The minimum Gasteiger partial charge on any atom is -0.423 e. The van der Waals surface area contributed by atoms with Crippen molar-refractivity contribution in [3.8, 4) is 16.9 Å². The van der Waals surface area contributed by atoms with E-state index in [4.69, 9.17) is 16.3 Å². The molecule has 4 nitrogen and oxygen atoms in total. The van der Waals surface area contributed by atoms with Gasteiger partial charge >= 0.3 is 5.97 Å². The third-order valence-electron chi connectivity index (χ3n) is 3.74. The van der Waals surface area contributed by atoms with Crippen LogP contribution < -0.4 is 4.74 Å². The summed E-state index contributed by atoms with van der Waals surface area (Å²) in [6.07, 6.45) is 3.50. The number of ketones is 1. The lowest BCUT2D eigenvalue weighted by Gasteiger charge is -2.07. The number of carbonyl (C=O) groups is 2. The number of ether oxygens (including phenoxy) is 1. The van der Waals surface area contributed by atoms with Crippen LogP contribution in [0.5, 0.6) is 5.75 Å². The highest BCUT2D eigenvalue weighted by Crippen LogP contribution is 2.22. The molecule has 3 aromatic rings. The van der Waals surface area contributed by atoms with Crippen molar-refractivity contribution in [3.05, 3.63) is 83.1 Å². The van der Waals surface area contributed by atoms with Gasteiger partial charge in [-0.3, -0.25) is 9.78 Å². The molecular formula is C21H16ClNO3. The number of benzene rings is 2. The van der Waals surface area contributed by atoms with Crippen LogP contribution in [0.15, 0.2) is 67.0 Å². The molecular weight excluding hydrogens is 350 g/mol. The predicted molar refractivity (Wildman–Crippen MR) is 100 cm³/mol. The molecule has 0 aliphatic carbocycles. The second kappa shape index (κ2) is 7.93. The quantitative estimate of drug-likeness (QED) is 0.483. The Hall–Kier alpha value is -2.98. The highest BCUT2D eigenvalue weighted by molar-refractivity contribution is 6.30. The van der Waals surface area contributed by atoms with Crippen LogP contribution in [0.1, 0.15) is 22.8 Å². The standard InChI is InChI=1S/C21H16ClNO3/c1-14(24)10-15-2-8-20(9-3-15)26-21(25)18-11-17(12-23-13-18)16-4-6-19(22)7-5-16/h2-9,11-13H,10H2,1H3. The van der Waals surface area contributed by atoms with Crippen molar-refractivity contribution in [2.45, 2.75) is 13.3 Å². The molecule has 1 heterocycles. The predicted octanol–water partition coefficient (Wildman–Crippen LogP) is 4.75. The molecule has 2 aromatic carbocycles. The van der Waals surface area contributed by atoms with E-state index in [-0.39, 0.29) is 5.78 Å². The normalized spacial score (nSPS) is 10.4. The summed E-state index contributed by atoms with van der Waals surface area (Å²) in [6, 6.07) is 15.9. The molecule has 0 saturated heterocycles. The number of rotatable bonds is 5. The van der Waals surface area contributed by atoms with Crippen molar-refractivity contribution >= 4 is 23.4 Å². The number of esters is 1. The Morgan fingerprint density at radius 3 is 2.31 bits per heavy atom. The first-order valence-corrected chi connectivity index (χ1v) is 8.40. The Labute approximate surface area is 156 Å². The fourth-order valence-corrected chi connectivity index (χ4v) is 2.61. The summed E-state index contributed by atoms with van der Waals surface area (Å²) in [7, 11) is 0.